The van der Waals surface area contributed by atoms with E-state index >= 15 is 0 Å². The fourth-order valence-corrected chi connectivity index (χ4v) is 2.66. The van der Waals surface area contributed by atoms with Crippen molar-refractivity contribution in [3.05, 3.63) is 30.1 Å². The van der Waals surface area contributed by atoms with Crippen LogP contribution in [0.25, 0.3) is 0 Å². The van der Waals surface area contributed by atoms with E-state index in [1.165, 1.54) is 5.56 Å². The van der Waals surface area contributed by atoms with Crippen LogP contribution in [0, 0.1) is 0 Å². The topological polar surface area (TPSA) is 68.0 Å². The molecule has 1 unspecified atom stereocenters. The third kappa shape index (κ3) is 3.07. The number of hydrogen-bond acceptors (Lipinski definition) is 3. The number of rotatable bonds is 5. The largest absolute Gasteiger partial charge is 0.368 e. The van der Waals surface area contributed by atoms with Gasteiger partial charge in [-0.05, 0) is 56.7 Å². The first kappa shape index (κ1) is 13.0. The standard InChI is InChI=1S/C14H21N3O/c15-13(18)14(7-1-2-10-17-14)8-3-5-12-6-4-9-16-11-12/h4,6,9,11,17H,1-3,5,7-8,10H2,(H2,15,18). The smallest absolute Gasteiger partial charge is 0.237 e. The number of pyridine rings is 1. The van der Waals surface area contributed by atoms with Crippen molar-refractivity contribution >= 4 is 5.91 Å². The van der Waals surface area contributed by atoms with E-state index in [1.807, 2.05) is 12.3 Å². The molecule has 0 aromatic carbocycles. The molecule has 1 saturated heterocycles. The molecule has 2 rings (SSSR count). The van der Waals surface area contributed by atoms with E-state index in [0.717, 1.165) is 45.1 Å². The van der Waals surface area contributed by atoms with E-state index in [9.17, 15) is 4.79 Å². The Hall–Kier alpha value is -1.42. The van der Waals surface area contributed by atoms with Gasteiger partial charge in [0.15, 0.2) is 0 Å². The minimum atomic E-state index is -0.472. The quantitative estimate of drug-likeness (QED) is 0.826. The second-order valence-corrected chi connectivity index (χ2v) is 5.05. The van der Waals surface area contributed by atoms with Gasteiger partial charge in [0, 0.05) is 12.4 Å². The van der Waals surface area contributed by atoms with Gasteiger partial charge >= 0.3 is 0 Å². The number of nitrogens with two attached hydrogens (primary N) is 1. The Morgan fingerprint density at radius 3 is 3.00 bits per heavy atom. The summed E-state index contributed by atoms with van der Waals surface area (Å²) in [6, 6.07) is 4.01. The molecular formula is C14H21N3O. The zero-order valence-corrected chi connectivity index (χ0v) is 10.7. The molecule has 1 amide bonds. The molecule has 18 heavy (non-hydrogen) atoms. The summed E-state index contributed by atoms with van der Waals surface area (Å²) in [7, 11) is 0. The summed E-state index contributed by atoms with van der Waals surface area (Å²) < 4.78 is 0. The van der Waals surface area contributed by atoms with Gasteiger partial charge in [0.2, 0.25) is 5.91 Å². The monoisotopic (exact) mass is 247 g/mol. The first-order chi connectivity index (χ1) is 8.73. The Morgan fingerprint density at radius 1 is 1.50 bits per heavy atom. The lowest BCUT2D eigenvalue weighted by molar-refractivity contribution is -0.125. The highest BCUT2D eigenvalue weighted by atomic mass is 16.1. The van der Waals surface area contributed by atoms with Crippen molar-refractivity contribution in [1.82, 2.24) is 10.3 Å². The van der Waals surface area contributed by atoms with E-state index in [2.05, 4.69) is 16.4 Å². The summed E-state index contributed by atoms with van der Waals surface area (Å²) >= 11 is 0. The average Bonchev–Trinajstić information content (AvgIpc) is 2.41. The highest BCUT2D eigenvalue weighted by molar-refractivity contribution is 5.84. The minimum absolute atomic E-state index is 0.201. The maximum absolute atomic E-state index is 11.7. The molecule has 0 bridgehead atoms. The summed E-state index contributed by atoms with van der Waals surface area (Å²) in [6.45, 7) is 0.899. The van der Waals surface area contributed by atoms with Crippen LogP contribution in [-0.2, 0) is 11.2 Å². The summed E-state index contributed by atoms with van der Waals surface area (Å²) in [5.41, 5.74) is 6.31. The first-order valence-corrected chi connectivity index (χ1v) is 6.67. The molecule has 2 heterocycles. The van der Waals surface area contributed by atoms with Gasteiger partial charge in [-0.1, -0.05) is 6.07 Å². The van der Waals surface area contributed by atoms with Gasteiger partial charge in [0.1, 0.15) is 0 Å². The normalized spacial score (nSPS) is 23.8. The number of carbonyl (C=O) groups is 1. The van der Waals surface area contributed by atoms with Crippen LogP contribution in [0.5, 0.6) is 0 Å². The Morgan fingerprint density at radius 2 is 2.39 bits per heavy atom. The molecule has 1 fully saturated rings. The highest BCUT2D eigenvalue weighted by Crippen LogP contribution is 2.24. The van der Waals surface area contributed by atoms with Crippen molar-refractivity contribution in [2.45, 2.75) is 44.1 Å². The van der Waals surface area contributed by atoms with Crippen LogP contribution in [0.15, 0.2) is 24.5 Å². The second-order valence-electron chi connectivity index (χ2n) is 5.05. The van der Waals surface area contributed by atoms with E-state index in [-0.39, 0.29) is 5.91 Å². The molecule has 1 aromatic heterocycles. The van der Waals surface area contributed by atoms with Crippen molar-refractivity contribution in [3.8, 4) is 0 Å². The highest BCUT2D eigenvalue weighted by Gasteiger charge is 2.36. The Kier molecular flexibility index (Phi) is 4.31. The number of hydrogen-bond donors (Lipinski definition) is 2. The zero-order valence-electron chi connectivity index (χ0n) is 10.7. The van der Waals surface area contributed by atoms with Gasteiger partial charge in [-0.3, -0.25) is 9.78 Å². The van der Waals surface area contributed by atoms with Crippen LogP contribution >= 0.6 is 0 Å². The van der Waals surface area contributed by atoms with E-state index in [4.69, 9.17) is 5.73 Å². The number of piperidine rings is 1. The lowest BCUT2D eigenvalue weighted by atomic mass is 9.83. The molecule has 1 aliphatic heterocycles. The van der Waals surface area contributed by atoms with Crippen molar-refractivity contribution in [2.24, 2.45) is 5.73 Å². The second kappa shape index (κ2) is 5.96. The van der Waals surface area contributed by atoms with Crippen LogP contribution in [0.3, 0.4) is 0 Å². The van der Waals surface area contributed by atoms with E-state index < -0.39 is 5.54 Å². The molecule has 1 aromatic rings. The molecule has 98 valence electrons. The van der Waals surface area contributed by atoms with E-state index in [0.29, 0.717) is 0 Å². The molecule has 0 aliphatic carbocycles. The Bertz CT molecular complexity index is 385. The lowest BCUT2D eigenvalue weighted by Gasteiger charge is -2.35. The van der Waals surface area contributed by atoms with Gasteiger partial charge in [0.25, 0.3) is 0 Å². The number of primary amides is 1. The van der Waals surface area contributed by atoms with Gasteiger partial charge in [-0.2, -0.15) is 0 Å². The van der Waals surface area contributed by atoms with Gasteiger partial charge in [-0.15, -0.1) is 0 Å². The molecule has 1 atom stereocenters. The molecule has 0 spiro atoms. The van der Waals surface area contributed by atoms with Crippen molar-refractivity contribution in [2.75, 3.05) is 6.54 Å². The maximum atomic E-state index is 11.7. The summed E-state index contributed by atoms with van der Waals surface area (Å²) in [4.78, 5) is 15.8. The summed E-state index contributed by atoms with van der Waals surface area (Å²) in [6.07, 6.45) is 9.47. The van der Waals surface area contributed by atoms with Crippen molar-refractivity contribution < 1.29 is 4.79 Å². The van der Waals surface area contributed by atoms with Crippen LogP contribution in [0.4, 0.5) is 0 Å². The van der Waals surface area contributed by atoms with Crippen molar-refractivity contribution in [3.63, 3.8) is 0 Å². The van der Waals surface area contributed by atoms with Crippen LogP contribution in [0.2, 0.25) is 0 Å². The van der Waals surface area contributed by atoms with E-state index in [1.54, 1.807) is 6.20 Å². The molecule has 4 nitrogen and oxygen atoms in total. The number of amides is 1. The Balaban J connectivity index is 1.88. The molecule has 0 radical (unpaired) electrons. The zero-order chi connectivity index (χ0) is 12.8. The predicted octanol–water partition coefficient (Wildman–Crippen LogP) is 1.40. The molecule has 0 saturated carbocycles. The van der Waals surface area contributed by atoms with Crippen LogP contribution < -0.4 is 11.1 Å². The van der Waals surface area contributed by atoms with Crippen molar-refractivity contribution in [1.29, 1.82) is 0 Å². The molecule has 3 N–H and O–H groups in total. The van der Waals surface area contributed by atoms with Gasteiger partial charge in [0.05, 0.1) is 5.54 Å². The molecular weight excluding hydrogens is 226 g/mol. The molecule has 1 aliphatic rings. The number of nitrogens with zero attached hydrogens (tertiary/aromatic N) is 1. The number of carbonyl (C=O) groups excluding carboxylic acids is 1. The average molecular weight is 247 g/mol. The minimum Gasteiger partial charge on any atom is -0.368 e. The third-order valence-electron chi connectivity index (χ3n) is 3.76. The molecule has 4 heteroatoms. The third-order valence-corrected chi connectivity index (χ3v) is 3.76. The predicted molar refractivity (Wildman–Crippen MR) is 71.0 cm³/mol. The number of aromatic nitrogens is 1. The van der Waals surface area contributed by atoms with Crippen LogP contribution in [-0.4, -0.2) is 23.0 Å². The first-order valence-electron chi connectivity index (χ1n) is 6.67. The maximum Gasteiger partial charge on any atom is 0.237 e. The fraction of sp³-hybridized carbons (Fsp3) is 0.571. The Labute approximate surface area is 108 Å². The SMILES string of the molecule is NC(=O)C1(CCCc2cccnc2)CCCCN1. The van der Waals surface area contributed by atoms with Crippen LogP contribution in [0.1, 0.15) is 37.7 Å². The number of aryl methyl sites for hydroxylation is 1. The van der Waals surface area contributed by atoms with Gasteiger partial charge < -0.3 is 11.1 Å². The van der Waals surface area contributed by atoms with Gasteiger partial charge in [-0.25, -0.2) is 0 Å². The fourth-order valence-electron chi connectivity index (χ4n) is 2.66. The summed E-state index contributed by atoms with van der Waals surface area (Å²) in [5, 5.41) is 3.33. The number of nitrogens with one attached hydrogen (secondary N) is 1. The summed E-state index contributed by atoms with van der Waals surface area (Å²) in [5.74, 6) is -0.201. The lowest BCUT2D eigenvalue weighted by Crippen LogP contribution is -2.57.